The van der Waals surface area contributed by atoms with Gasteiger partial charge in [0.05, 0.1) is 18.5 Å². The number of ether oxygens (including phenoxy) is 1. The topological polar surface area (TPSA) is 48.3 Å². The Morgan fingerprint density at radius 1 is 1.41 bits per heavy atom. The van der Waals surface area contributed by atoms with E-state index in [-0.39, 0.29) is 5.91 Å². The molecule has 4 heteroatoms. The van der Waals surface area contributed by atoms with Gasteiger partial charge in [-0.2, -0.15) is 0 Å². The Bertz CT molecular complexity index is 557. The zero-order valence-corrected chi connectivity index (χ0v) is 9.55. The number of methoxy groups -OCH3 is 1. The van der Waals surface area contributed by atoms with Crippen molar-refractivity contribution >= 4 is 23.1 Å². The van der Waals surface area contributed by atoms with Crippen LogP contribution in [0.1, 0.15) is 21.6 Å². The second kappa shape index (κ2) is 4.93. The second-order valence-electron chi connectivity index (χ2n) is 3.73. The van der Waals surface area contributed by atoms with E-state index in [4.69, 9.17) is 4.74 Å². The summed E-state index contributed by atoms with van der Waals surface area (Å²) < 4.78 is 6.39. The minimum atomic E-state index is -0.0730. The summed E-state index contributed by atoms with van der Waals surface area (Å²) in [5.74, 6) is -0.0730. The van der Waals surface area contributed by atoms with E-state index in [0.717, 1.165) is 17.2 Å². The Balaban J connectivity index is 2.47. The predicted octanol–water partition coefficient (Wildman–Crippen LogP) is 2.13. The van der Waals surface area contributed by atoms with Crippen molar-refractivity contribution in [3.63, 3.8) is 0 Å². The molecule has 0 fully saturated rings. The average molecular weight is 231 g/mol. The first-order valence-electron chi connectivity index (χ1n) is 5.35. The standard InChI is InChI=1S/C13H13NO3/c1-17-7-6-13(16)14-8-10(9-15)11-4-2-3-5-12(11)14/h2-5,8-9H,6-7H2,1H3. The van der Waals surface area contributed by atoms with Crippen molar-refractivity contribution in [2.24, 2.45) is 0 Å². The summed E-state index contributed by atoms with van der Waals surface area (Å²) in [5.41, 5.74) is 1.29. The van der Waals surface area contributed by atoms with Gasteiger partial charge in [-0.25, -0.2) is 0 Å². The van der Waals surface area contributed by atoms with Crippen molar-refractivity contribution in [2.45, 2.75) is 6.42 Å². The maximum Gasteiger partial charge on any atom is 0.233 e. The molecule has 0 radical (unpaired) electrons. The number of hydrogen-bond donors (Lipinski definition) is 0. The number of fused-ring (bicyclic) bond motifs is 1. The van der Waals surface area contributed by atoms with E-state index in [9.17, 15) is 9.59 Å². The van der Waals surface area contributed by atoms with Crippen LogP contribution >= 0.6 is 0 Å². The molecule has 0 aliphatic rings. The van der Waals surface area contributed by atoms with Crippen LogP contribution in [0.25, 0.3) is 10.9 Å². The van der Waals surface area contributed by atoms with Crippen molar-refractivity contribution in [3.05, 3.63) is 36.0 Å². The van der Waals surface area contributed by atoms with Gasteiger partial charge in [0.15, 0.2) is 6.29 Å². The van der Waals surface area contributed by atoms with Crippen molar-refractivity contribution in [3.8, 4) is 0 Å². The van der Waals surface area contributed by atoms with Crippen LogP contribution < -0.4 is 0 Å². The molecule has 2 aromatic rings. The lowest BCUT2D eigenvalue weighted by Crippen LogP contribution is -2.11. The van der Waals surface area contributed by atoms with Crippen LogP contribution in [0.5, 0.6) is 0 Å². The van der Waals surface area contributed by atoms with Gasteiger partial charge in [-0.1, -0.05) is 18.2 Å². The van der Waals surface area contributed by atoms with E-state index in [1.165, 1.54) is 4.57 Å². The van der Waals surface area contributed by atoms with Gasteiger partial charge in [0, 0.05) is 24.3 Å². The number of rotatable bonds is 4. The third-order valence-corrected chi connectivity index (χ3v) is 2.66. The van der Waals surface area contributed by atoms with Crippen LogP contribution in [0, 0.1) is 0 Å². The Hall–Kier alpha value is -1.94. The molecule has 0 amide bonds. The summed E-state index contributed by atoms with van der Waals surface area (Å²) in [5, 5.41) is 0.799. The molecular weight excluding hydrogens is 218 g/mol. The van der Waals surface area contributed by atoms with Gasteiger partial charge in [-0.15, -0.1) is 0 Å². The molecule has 2 rings (SSSR count). The molecule has 17 heavy (non-hydrogen) atoms. The molecule has 0 atom stereocenters. The maximum atomic E-state index is 11.9. The van der Waals surface area contributed by atoms with Crippen LogP contribution in [0.2, 0.25) is 0 Å². The monoisotopic (exact) mass is 231 g/mol. The summed E-state index contributed by atoms with van der Waals surface area (Å²) >= 11 is 0. The van der Waals surface area contributed by atoms with E-state index in [0.29, 0.717) is 18.6 Å². The van der Waals surface area contributed by atoms with Crippen molar-refractivity contribution in [2.75, 3.05) is 13.7 Å². The Morgan fingerprint density at radius 2 is 2.18 bits per heavy atom. The predicted molar refractivity (Wildman–Crippen MR) is 64.4 cm³/mol. The summed E-state index contributed by atoms with van der Waals surface area (Å²) in [6.45, 7) is 0.377. The number of hydrogen-bond acceptors (Lipinski definition) is 3. The number of aromatic nitrogens is 1. The normalized spacial score (nSPS) is 10.6. The van der Waals surface area contributed by atoms with Crippen LogP contribution in [-0.2, 0) is 4.74 Å². The fourth-order valence-corrected chi connectivity index (χ4v) is 1.82. The summed E-state index contributed by atoms with van der Waals surface area (Å²) in [7, 11) is 1.55. The molecule has 1 aromatic carbocycles. The minimum Gasteiger partial charge on any atom is -0.384 e. The van der Waals surface area contributed by atoms with E-state index in [2.05, 4.69) is 0 Å². The SMILES string of the molecule is COCCC(=O)n1cc(C=O)c2ccccc21. The van der Waals surface area contributed by atoms with E-state index in [1.54, 1.807) is 13.3 Å². The van der Waals surface area contributed by atoms with Crippen LogP contribution in [0.3, 0.4) is 0 Å². The van der Waals surface area contributed by atoms with Crippen LogP contribution in [0.4, 0.5) is 0 Å². The molecule has 0 spiro atoms. The lowest BCUT2D eigenvalue weighted by molar-refractivity contribution is 0.0856. The molecule has 0 N–H and O–H groups in total. The number of benzene rings is 1. The van der Waals surface area contributed by atoms with Gasteiger partial charge < -0.3 is 4.74 Å². The molecule has 1 heterocycles. The summed E-state index contributed by atoms with van der Waals surface area (Å²) in [6, 6.07) is 7.35. The number of aldehydes is 1. The van der Waals surface area contributed by atoms with Crippen LogP contribution in [-0.4, -0.2) is 30.5 Å². The molecule has 4 nitrogen and oxygen atoms in total. The third kappa shape index (κ3) is 2.12. The fraction of sp³-hybridized carbons (Fsp3) is 0.231. The number of para-hydroxylation sites is 1. The number of nitrogens with zero attached hydrogens (tertiary/aromatic N) is 1. The van der Waals surface area contributed by atoms with Gasteiger partial charge >= 0.3 is 0 Å². The molecule has 0 saturated heterocycles. The largest absolute Gasteiger partial charge is 0.384 e. The molecule has 88 valence electrons. The van der Waals surface area contributed by atoms with Gasteiger partial charge in [0.2, 0.25) is 5.91 Å². The second-order valence-corrected chi connectivity index (χ2v) is 3.73. The zero-order chi connectivity index (χ0) is 12.3. The first-order valence-corrected chi connectivity index (χ1v) is 5.35. The smallest absolute Gasteiger partial charge is 0.233 e. The van der Waals surface area contributed by atoms with E-state index < -0.39 is 0 Å². The number of carbonyl (C=O) groups excluding carboxylic acids is 2. The Labute approximate surface area is 98.8 Å². The fourth-order valence-electron chi connectivity index (χ4n) is 1.82. The first-order chi connectivity index (χ1) is 8.27. The Kier molecular flexibility index (Phi) is 3.35. The third-order valence-electron chi connectivity index (χ3n) is 2.66. The van der Waals surface area contributed by atoms with Crippen molar-refractivity contribution < 1.29 is 14.3 Å². The molecule has 0 aliphatic carbocycles. The molecule has 0 aliphatic heterocycles. The van der Waals surface area contributed by atoms with Gasteiger partial charge in [0.25, 0.3) is 0 Å². The molecule has 1 aromatic heterocycles. The van der Waals surface area contributed by atoms with Crippen molar-refractivity contribution in [1.82, 2.24) is 4.57 Å². The zero-order valence-electron chi connectivity index (χ0n) is 9.55. The number of carbonyl (C=O) groups is 2. The lowest BCUT2D eigenvalue weighted by atomic mass is 10.2. The summed E-state index contributed by atoms with van der Waals surface area (Å²) in [6.07, 6.45) is 2.64. The molecule has 0 saturated carbocycles. The van der Waals surface area contributed by atoms with Gasteiger partial charge in [-0.3, -0.25) is 14.2 Å². The lowest BCUT2D eigenvalue weighted by Gasteiger charge is -2.02. The highest BCUT2D eigenvalue weighted by molar-refractivity contribution is 6.02. The van der Waals surface area contributed by atoms with Crippen molar-refractivity contribution in [1.29, 1.82) is 0 Å². The molecule has 0 unspecified atom stereocenters. The van der Waals surface area contributed by atoms with Crippen LogP contribution in [0.15, 0.2) is 30.5 Å². The first kappa shape index (κ1) is 11.5. The summed E-state index contributed by atoms with van der Waals surface area (Å²) in [4.78, 5) is 22.8. The minimum absolute atomic E-state index is 0.0730. The van der Waals surface area contributed by atoms with Gasteiger partial charge in [0.1, 0.15) is 0 Å². The highest BCUT2D eigenvalue weighted by Crippen LogP contribution is 2.20. The average Bonchev–Trinajstić information content (AvgIpc) is 2.75. The highest BCUT2D eigenvalue weighted by atomic mass is 16.5. The Morgan fingerprint density at radius 3 is 2.88 bits per heavy atom. The molecular formula is C13H13NO3. The highest BCUT2D eigenvalue weighted by Gasteiger charge is 2.12. The quantitative estimate of drug-likeness (QED) is 0.757. The maximum absolute atomic E-state index is 11.9. The van der Waals surface area contributed by atoms with E-state index in [1.807, 2.05) is 24.3 Å². The van der Waals surface area contributed by atoms with Gasteiger partial charge in [-0.05, 0) is 6.07 Å². The molecule has 0 bridgehead atoms. The van der Waals surface area contributed by atoms with E-state index >= 15 is 0 Å².